The average Bonchev–Trinajstić information content (AvgIpc) is 3.44. The van der Waals surface area contributed by atoms with Gasteiger partial charge in [0.2, 0.25) is 5.91 Å². The zero-order valence-corrected chi connectivity index (χ0v) is 16.7. The monoisotopic (exact) mass is 430 g/mol. The van der Waals surface area contributed by atoms with E-state index in [1.807, 2.05) is 17.0 Å². The van der Waals surface area contributed by atoms with E-state index in [0.29, 0.717) is 31.5 Å². The first-order valence-corrected chi connectivity index (χ1v) is 10.0. The van der Waals surface area contributed by atoms with Gasteiger partial charge in [0.05, 0.1) is 23.8 Å². The van der Waals surface area contributed by atoms with Gasteiger partial charge in [0.25, 0.3) is 0 Å². The normalized spacial score (nSPS) is 16.6. The van der Waals surface area contributed by atoms with Crippen molar-refractivity contribution in [2.75, 3.05) is 6.54 Å². The SMILES string of the molecule is O=C(CCn1cnnn1)N1CCCC1c1ccc(Cc2cccc(C(F)(F)F)c2)cn1. The van der Waals surface area contributed by atoms with Crippen molar-refractivity contribution in [1.82, 2.24) is 30.1 Å². The van der Waals surface area contributed by atoms with Crippen LogP contribution in [-0.4, -0.2) is 42.5 Å². The van der Waals surface area contributed by atoms with Gasteiger partial charge in [-0.05, 0) is 52.9 Å². The zero-order valence-electron chi connectivity index (χ0n) is 16.7. The fraction of sp³-hybridized carbons (Fsp3) is 0.381. The molecule has 10 heteroatoms. The average molecular weight is 430 g/mol. The van der Waals surface area contributed by atoms with Crippen LogP contribution >= 0.6 is 0 Å². The maximum Gasteiger partial charge on any atom is 0.416 e. The van der Waals surface area contributed by atoms with E-state index < -0.39 is 11.7 Å². The van der Waals surface area contributed by atoms with Crippen LogP contribution in [0.1, 0.15) is 47.7 Å². The number of nitrogens with zero attached hydrogens (tertiary/aromatic N) is 6. The highest BCUT2D eigenvalue weighted by Gasteiger charge is 2.31. The fourth-order valence-corrected chi connectivity index (χ4v) is 3.84. The predicted octanol–water partition coefficient (Wildman–Crippen LogP) is 3.43. The minimum atomic E-state index is -4.36. The summed E-state index contributed by atoms with van der Waals surface area (Å²) in [4.78, 5) is 19.0. The molecule has 1 aliphatic heterocycles. The molecule has 4 rings (SSSR count). The number of carbonyl (C=O) groups is 1. The minimum Gasteiger partial charge on any atom is -0.334 e. The Morgan fingerprint density at radius 1 is 1.16 bits per heavy atom. The topological polar surface area (TPSA) is 76.8 Å². The Morgan fingerprint density at radius 3 is 2.74 bits per heavy atom. The van der Waals surface area contributed by atoms with Crippen molar-refractivity contribution >= 4 is 5.91 Å². The van der Waals surface area contributed by atoms with Gasteiger partial charge in [-0.3, -0.25) is 9.78 Å². The Balaban J connectivity index is 1.40. The number of rotatable bonds is 6. The standard InChI is InChI=1S/C21H21F3N6O/c22-21(23,24)17-4-1-3-15(12-17)11-16-6-7-18(25-13-16)19-5-2-9-30(19)20(31)8-10-29-14-26-27-28-29/h1,3-4,6-7,12-14,19H,2,5,8-11H2. The molecule has 0 bridgehead atoms. The molecule has 1 saturated heterocycles. The quantitative estimate of drug-likeness (QED) is 0.599. The molecule has 3 aromatic rings. The largest absolute Gasteiger partial charge is 0.416 e. The lowest BCUT2D eigenvalue weighted by atomic mass is 10.0. The van der Waals surface area contributed by atoms with Crippen molar-refractivity contribution in [1.29, 1.82) is 0 Å². The second-order valence-corrected chi connectivity index (χ2v) is 7.53. The molecule has 0 radical (unpaired) electrons. The maximum absolute atomic E-state index is 12.9. The first-order valence-electron chi connectivity index (χ1n) is 10.0. The van der Waals surface area contributed by atoms with Crippen molar-refractivity contribution in [3.63, 3.8) is 0 Å². The number of likely N-dealkylation sites (tertiary alicyclic amines) is 1. The smallest absolute Gasteiger partial charge is 0.334 e. The molecule has 2 aromatic heterocycles. The summed E-state index contributed by atoms with van der Waals surface area (Å²) in [6.07, 6.45) is 1.18. The Bertz CT molecular complexity index is 1020. The third-order valence-corrected chi connectivity index (χ3v) is 5.37. The summed E-state index contributed by atoms with van der Waals surface area (Å²) in [6, 6.07) is 8.95. The van der Waals surface area contributed by atoms with Crippen LogP contribution in [0.4, 0.5) is 13.2 Å². The van der Waals surface area contributed by atoms with Gasteiger partial charge in [-0.15, -0.1) is 5.10 Å². The summed E-state index contributed by atoms with van der Waals surface area (Å²) in [5.41, 5.74) is 1.53. The predicted molar refractivity (Wildman–Crippen MR) is 105 cm³/mol. The molecule has 0 aliphatic carbocycles. The lowest BCUT2D eigenvalue weighted by Crippen LogP contribution is -2.31. The van der Waals surface area contributed by atoms with Gasteiger partial charge in [0.15, 0.2) is 0 Å². The third kappa shape index (κ3) is 5.07. The van der Waals surface area contributed by atoms with E-state index in [-0.39, 0.29) is 11.9 Å². The second-order valence-electron chi connectivity index (χ2n) is 7.53. The highest BCUT2D eigenvalue weighted by atomic mass is 19.4. The Labute approximate surface area is 176 Å². The summed E-state index contributed by atoms with van der Waals surface area (Å²) in [5.74, 6) is 0.0212. The van der Waals surface area contributed by atoms with Gasteiger partial charge < -0.3 is 4.90 Å². The Morgan fingerprint density at radius 2 is 2.03 bits per heavy atom. The van der Waals surface area contributed by atoms with Crippen molar-refractivity contribution in [3.05, 3.63) is 71.3 Å². The van der Waals surface area contributed by atoms with Crippen LogP contribution in [0.5, 0.6) is 0 Å². The molecule has 0 saturated carbocycles. The summed E-state index contributed by atoms with van der Waals surface area (Å²) in [6.45, 7) is 1.09. The van der Waals surface area contributed by atoms with Crippen molar-refractivity contribution < 1.29 is 18.0 Å². The van der Waals surface area contributed by atoms with Crippen LogP contribution in [0.15, 0.2) is 48.9 Å². The number of aromatic nitrogens is 5. The van der Waals surface area contributed by atoms with Crippen molar-refractivity contribution in [2.45, 2.75) is 44.4 Å². The van der Waals surface area contributed by atoms with Crippen molar-refractivity contribution in [2.24, 2.45) is 0 Å². The molecule has 0 N–H and O–H groups in total. The lowest BCUT2D eigenvalue weighted by Gasteiger charge is -2.24. The number of alkyl halides is 3. The number of halogens is 3. The fourth-order valence-electron chi connectivity index (χ4n) is 3.84. The van der Waals surface area contributed by atoms with Crippen LogP contribution in [0.25, 0.3) is 0 Å². The second kappa shape index (κ2) is 8.83. The van der Waals surface area contributed by atoms with Gasteiger partial charge in [0.1, 0.15) is 6.33 Å². The number of benzene rings is 1. The van der Waals surface area contributed by atoms with Crippen molar-refractivity contribution in [3.8, 4) is 0 Å². The summed E-state index contributed by atoms with van der Waals surface area (Å²) < 4.78 is 40.3. The molecular formula is C21H21F3N6O. The molecule has 31 heavy (non-hydrogen) atoms. The number of aryl methyl sites for hydroxylation is 1. The molecular weight excluding hydrogens is 409 g/mol. The van der Waals surface area contributed by atoms with Gasteiger partial charge in [0, 0.05) is 19.2 Å². The van der Waals surface area contributed by atoms with E-state index in [0.717, 1.165) is 36.2 Å². The van der Waals surface area contributed by atoms with E-state index in [2.05, 4.69) is 20.5 Å². The van der Waals surface area contributed by atoms with E-state index in [1.54, 1.807) is 12.3 Å². The van der Waals surface area contributed by atoms with E-state index in [9.17, 15) is 18.0 Å². The molecule has 1 aliphatic rings. The Hall–Kier alpha value is -3.30. The highest BCUT2D eigenvalue weighted by Crippen LogP contribution is 2.32. The van der Waals surface area contributed by atoms with Gasteiger partial charge in [-0.25, -0.2) is 4.68 Å². The summed E-state index contributed by atoms with van der Waals surface area (Å²) in [5, 5.41) is 10.9. The van der Waals surface area contributed by atoms with Gasteiger partial charge >= 0.3 is 6.18 Å². The van der Waals surface area contributed by atoms with Crippen LogP contribution in [0.3, 0.4) is 0 Å². The minimum absolute atomic E-state index is 0.0212. The number of pyridine rings is 1. The molecule has 1 amide bonds. The third-order valence-electron chi connectivity index (χ3n) is 5.37. The summed E-state index contributed by atoms with van der Waals surface area (Å²) in [7, 11) is 0. The number of amides is 1. The van der Waals surface area contributed by atoms with Crippen LogP contribution < -0.4 is 0 Å². The highest BCUT2D eigenvalue weighted by molar-refractivity contribution is 5.76. The van der Waals surface area contributed by atoms with Crippen LogP contribution in [0, 0.1) is 0 Å². The first kappa shape index (κ1) is 21.0. The molecule has 1 unspecified atom stereocenters. The number of hydrogen-bond acceptors (Lipinski definition) is 5. The molecule has 1 aromatic carbocycles. The molecule has 1 fully saturated rings. The summed E-state index contributed by atoms with van der Waals surface area (Å²) >= 11 is 0. The maximum atomic E-state index is 12.9. The van der Waals surface area contributed by atoms with Gasteiger partial charge in [-0.2, -0.15) is 13.2 Å². The number of carbonyl (C=O) groups excluding carboxylic acids is 1. The lowest BCUT2D eigenvalue weighted by molar-refractivity contribution is -0.137. The van der Waals surface area contributed by atoms with E-state index in [4.69, 9.17) is 0 Å². The molecule has 7 nitrogen and oxygen atoms in total. The molecule has 162 valence electrons. The molecule has 0 spiro atoms. The molecule has 3 heterocycles. The Kier molecular flexibility index (Phi) is 5.97. The van der Waals surface area contributed by atoms with Crippen LogP contribution in [0.2, 0.25) is 0 Å². The van der Waals surface area contributed by atoms with Gasteiger partial charge in [-0.1, -0.05) is 24.3 Å². The molecule has 1 atom stereocenters. The van der Waals surface area contributed by atoms with E-state index >= 15 is 0 Å². The first-order chi connectivity index (χ1) is 14.9. The zero-order chi connectivity index (χ0) is 21.8. The number of tetrazole rings is 1. The van der Waals surface area contributed by atoms with Crippen LogP contribution in [-0.2, 0) is 23.9 Å². The number of hydrogen-bond donors (Lipinski definition) is 0. The van der Waals surface area contributed by atoms with E-state index in [1.165, 1.54) is 17.1 Å².